The smallest absolute Gasteiger partial charge is 0.263 e. The highest BCUT2D eigenvalue weighted by Crippen LogP contribution is 2.19. The van der Waals surface area contributed by atoms with E-state index in [4.69, 9.17) is 0 Å². The number of sulfonamides is 1. The molecule has 21 heavy (non-hydrogen) atoms. The summed E-state index contributed by atoms with van der Waals surface area (Å²) in [6.07, 6.45) is 2.74. The fourth-order valence-corrected chi connectivity index (χ4v) is 3.17. The monoisotopic (exact) mass is 369 g/mol. The van der Waals surface area contributed by atoms with E-state index in [9.17, 15) is 13.2 Å². The zero-order valence-corrected chi connectivity index (χ0v) is 13.4. The van der Waals surface area contributed by atoms with Gasteiger partial charge in [0.15, 0.2) is 0 Å². The van der Waals surface area contributed by atoms with Gasteiger partial charge in [0.1, 0.15) is 4.90 Å². The third-order valence-electron chi connectivity index (χ3n) is 2.59. The molecule has 1 aromatic carbocycles. The van der Waals surface area contributed by atoms with Crippen molar-refractivity contribution in [3.05, 3.63) is 52.8 Å². The minimum Gasteiger partial charge on any atom is -0.355 e. The third-order valence-corrected chi connectivity index (χ3v) is 4.38. The first-order valence-corrected chi connectivity index (χ1v) is 8.15. The number of nitrogens with zero attached hydrogens (tertiary/aromatic N) is 1. The molecule has 0 unspecified atom stereocenters. The van der Waals surface area contributed by atoms with E-state index in [0.717, 1.165) is 0 Å². The third kappa shape index (κ3) is 3.79. The fraction of sp³-hybridized carbons (Fsp3) is 0.0769. The average molecular weight is 370 g/mol. The van der Waals surface area contributed by atoms with Gasteiger partial charge < -0.3 is 5.32 Å². The lowest BCUT2D eigenvalue weighted by Gasteiger charge is -2.09. The van der Waals surface area contributed by atoms with Crippen LogP contribution in [0, 0.1) is 0 Å². The van der Waals surface area contributed by atoms with Gasteiger partial charge >= 0.3 is 0 Å². The second kappa shape index (κ2) is 6.23. The first-order valence-electron chi connectivity index (χ1n) is 5.88. The number of amides is 1. The molecule has 0 saturated heterocycles. The second-order valence-corrected chi connectivity index (χ2v) is 6.70. The van der Waals surface area contributed by atoms with Crippen LogP contribution in [0.5, 0.6) is 0 Å². The van der Waals surface area contributed by atoms with Crippen LogP contribution in [0.3, 0.4) is 0 Å². The maximum atomic E-state index is 12.2. The summed E-state index contributed by atoms with van der Waals surface area (Å²) in [5, 5.41) is 2.48. The van der Waals surface area contributed by atoms with Gasteiger partial charge in [0, 0.05) is 35.2 Å². The van der Waals surface area contributed by atoms with E-state index in [1.165, 1.54) is 31.6 Å². The fourth-order valence-electron chi connectivity index (χ4n) is 1.62. The highest BCUT2D eigenvalue weighted by atomic mass is 79.9. The molecule has 6 nitrogen and oxygen atoms in total. The Balaban J connectivity index is 2.31. The predicted octanol–water partition coefficient (Wildman–Crippen LogP) is 2.00. The largest absolute Gasteiger partial charge is 0.355 e. The molecule has 8 heteroatoms. The molecule has 0 atom stereocenters. The molecule has 2 aromatic rings. The van der Waals surface area contributed by atoms with E-state index in [1.807, 2.05) is 0 Å². The van der Waals surface area contributed by atoms with Gasteiger partial charge in [0.2, 0.25) is 0 Å². The van der Waals surface area contributed by atoms with Gasteiger partial charge in [-0.15, -0.1) is 0 Å². The number of aromatic nitrogens is 1. The van der Waals surface area contributed by atoms with Gasteiger partial charge in [-0.2, -0.15) is 0 Å². The summed E-state index contributed by atoms with van der Waals surface area (Å²) in [4.78, 5) is 15.4. The summed E-state index contributed by atoms with van der Waals surface area (Å²) >= 11 is 3.17. The van der Waals surface area contributed by atoms with Crippen LogP contribution in [-0.4, -0.2) is 26.4 Å². The first-order chi connectivity index (χ1) is 9.92. The topological polar surface area (TPSA) is 88.2 Å². The normalized spacial score (nSPS) is 11.0. The number of hydrogen-bond donors (Lipinski definition) is 2. The lowest BCUT2D eigenvalue weighted by Crippen LogP contribution is -2.18. The Morgan fingerprint density at radius 2 is 2.00 bits per heavy atom. The van der Waals surface area contributed by atoms with Crippen molar-refractivity contribution in [2.24, 2.45) is 0 Å². The van der Waals surface area contributed by atoms with Gasteiger partial charge in [0.05, 0.1) is 0 Å². The molecule has 1 amide bonds. The Bertz CT molecular complexity index is 778. The van der Waals surface area contributed by atoms with E-state index in [0.29, 0.717) is 15.7 Å². The molecule has 0 fully saturated rings. The summed E-state index contributed by atoms with van der Waals surface area (Å²) in [6.45, 7) is 0. The summed E-state index contributed by atoms with van der Waals surface area (Å²) in [6, 6.07) is 7.66. The number of carbonyl (C=O) groups excluding carboxylic acids is 1. The minimum absolute atomic E-state index is 0.0298. The van der Waals surface area contributed by atoms with Gasteiger partial charge in [-0.05, 0) is 40.2 Å². The minimum atomic E-state index is -3.76. The van der Waals surface area contributed by atoms with Crippen LogP contribution in [0.15, 0.2) is 52.1 Å². The molecule has 1 aromatic heterocycles. The molecule has 0 spiro atoms. The van der Waals surface area contributed by atoms with Crippen molar-refractivity contribution in [2.75, 3.05) is 11.8 Å². The van der Waals surface area contributed by atoms with Crippen LogP contribution in [0.25, 0.3) is 0 Å². The Labute approximate surface area is 130 Å². The number of nitrogens with one attached hydrogen (secondary N) is 2. The van der Waals surface area contributed by atoms with Crippen LogP contribution in [-0.2, 0) is 10.0 Å². The summed E-state index contributed by atoms with van der Waals surface area (Å²) in [5.74, 6) is -0.292. The van der Waals surface area contributed by atoms with Crippen molar-refractivity contribution in [2.45, 2.75) is 4.90 Å². The quantitative estimate of drug-likeness (QED) is 0.862. The highest BCUT2D eigenvalue weighted by Gasteiger charge is 2.15. The van der Waals surface area contributed by atoms with E-state index in [-0.39, 0.29) is 10.8 Å². The number of benzene rings is 1. The van der Waals surface area contributed by atoms with Crippen molar-refractivity contribution >= 4 is 37.5 Å². The Kier molecular flexibility index (Phi) is 4.59. The summed E-state index contributed by atoms with van der Waals surface area (Å²) in [5.41, 5.74) is 0.668. The zero-order chi connectivity index (χ0) is 15.5. The number of anilines is 1. The predicted molar refractivity (Wildman–Crippen MR) is 82.6 cm³/mol. The van der Waals surface area contributed by atoms with Gasteiger partial charge in [-0.25, -0.2) is 8.42 Å². The lowest BCUT2D eigenvalue weighted by atomic mass is 10.2. The lowest BCUT2D eigenvalue weighted by molar-refractivity contribution is 0.0963. The maximum Gasteiger partial charge on any atom is 0.263 e. The zero-order valence-electron chi connectivity index (χ0n) is 11.0. The van der Waals surface area contributed by atoms with Crippen molar-refractivity contribution in [3.63, 3.8) is 0 Å². The van der Waals surface area contributed by atoms with E-state index < -0.39 is 10.0 Å². The number of halogens is 1. The molecule has 0 aliphatic carbocycles. The van der Waals surface area contributed by atoms with Crippen LogP contribution in [0.2, 0.25) is 0 Å². The molecule has 0 saturated carbocycles. The van der Waals surface area contributed by atoms with Gasteiger partial charge in [0.25, 0.3) is 15.9 Å². The molecule has 2 N–H and O–H groups in total. The van der Waals surface area contributed by atoms with Gasteiger partial charge in [-0.3, -0.25) is 14.5 Å². The molecular weight excluding hydrogens is 358 g/mol. The molecule has 0 aliphatic rings. The van der Waals surface area contributed by atoms with E-state index in [2.05, 4.69) is 31.0 Å². The molecule has 0 radical (unpaired) electrons. The summed E-state index contributed by atoms with van der Waals surface area (Å²) in [7, 11) is -2.25. The first kappa shape index (κ1) is 15.5. The molecule has 110 valence electrons. The molecule has 0 aliphatic heterocycles. The second-order valence-electron chi connectivity index (χ2n) is 4.10. The van der Waals surface area contributed by atoms with Crippen molar-refractivity contribution in [1.29, 1.82) is 0 Å². The summed E-state index contributed by atoms with van der Waals surface area (Å²) < 4.78 is 27.4. The number of carbonyl (C=O) groups is 1. The maximum absolute atomic E-state index is 12.2. The van der Waals surface area contributed by atoms with E-state index >= 15 is 0 Å². The highest BCUT2D eigenvalue weighted by molar-refractivity contribution is 9.10. The van der Waals surface area contributed by atoms with Crippen LogP contribution in [0.1, 0.15) is 10.4 Å². The number of pyridine rings is 1. The molecule has 1 heterocycles. The van der Waals surface area contributed by atoms with Crippen molar-refractivity contribution in [3.8, 4) is 0 Å². The van der Waals surface area contributed by atoms with Crippen LogP contribution >= 0.6 is 15.9 Å². The Hall–Kier alpha value is -1.93. The standard InChI is InChI=1S/C13H12BrN3O3S/c1-15-13(18)9-3-2-4-11(5-9)17-21(19,20)12-6-10(14)7-16-8-12/h2-8,17H,1H3,(H,15,18). The van der Waals surface area contributed by atoms with Crippen molar-refractivity contribution < 1.29 is 13.2 Å². The van der Waals surface area contributed by atoms with E-state index in [1.54, 1.807) is 18.2 Å². The Morgan fingerprint density at radius 3 is 2.67 bits per heavy atom. The average Bonchev–Trinajstić information content (AvgIpc) is 2.46. The molecular formula is C13H12BrN3O3S. The Morgan fingerprint density at radius 1 is 1.24 bits per heavy atom. The van der Waals surface area contributed by atoms with Gasteiger partial charge in [-0.1, -0.05) is 6.07 Å². The SMILES string of the molecule is CNC(=O)c1cccc(NS(=O)(=O)c2cncc(Br)c2)c1. The number of hydrogen-bond acceptors (Lipinski definition) is 4. The van der Waals surface area contributed by atoms with Crippen molar-refractivity contribution in [1.82, 2.24) is 10.3 Å². The molecule has 0 bridgehead atoms. The number of rotatable bonds is 4. The molecule has 2 rings (SSSR count). The van der Waals surface area contributed by atoms with Crippen LogP contribution < -0.4 is 10.0 Å². The van der Waals surface area contributed by atoms with Crippen LogP contribution in [0.4, 0.5) is 5.69 Å².